The van der Waals surface area contributed by atoms with Crippen molar-refractivity contribution in [2.75, 3.05) is 0 Å². The normalized spacial score (nSPS) is 21.3. The van der Waals surface area contributed by atoms with E-state index in [-0.39, 0.29) is 5.41 Å². The van der Waals surface area contributed by atoms with E-state index in [1.807, 2.05) is 11.3 Å². The fourth-order valence-electron chi connectivity index (χ4n) is 15.2. The Hall–Kier alpha value is -7.26. The molecule has 1 spiro atoms. The van der Waals surface area contributed by atoms with Gasteiger partial charge in [0, 0.05) is 42.0 Å². The molecule has 0 aliphatic heterocycles. The summed E-state index contributed by atoms with van der Waals surface area (Å²) in [5.41, 5.74) is 17.7. The summed E-state index contributed by atoms with van der Waals surface area (Å²) in [7, 11) is 0. The molecule has 0 saturated heterocycles. The lowest BCUT2D eigenvalue weighted by atomic mass is 9.43. The second-order valence-corrected chi connectivity index (χ2v) is 21.8. The molecular weight excluding hydrogens is 839 g/mol. The van der Waals surface area contributed by atoms with Crippen LogP contribution in [0.25, 0.3) is 114 Å². The predicted molar refractivity (Wildman–Crippen MR) is 288 cm³/mol. The minimum absolute atomic E-state index is 0.147. The maximum atomic E-state index is 2.65. The molecule has 2 heteroatoms. The van der Waals surface area contributed by atoms with Crippen LogP contribution in [0.4, 0.5) is 0 Å². The standard InChI is InChI=1S/C66H47NS/c1-2-12-47(13-3-1)67-60-37-42(41-22-26-49-48-14-8-10-20-58(48)66(59(49)36-41)45-31-39-30-40(33-45)34-46(66)32-39)23-27-50(60)51-28-24-44(38-61(51)67)65-55-18-6-4-16-53(55)64(54-17-5-7-19-56(54)65)43-25-29-63-57(35-43)52-15-9-11-21-62(52)68-63/h1-29,35-40,45-46H,30-34H2. The van der Waals surface area contributed by atoms with Crippen molar-refractivity contribution < 1.29 is 0 Å². The van der Waals surface area contributed by atoms with Crippen LogP contribution in [-0.2, 0) is 5.41 Å². The van der Waals surface area contributed by atoms with Crippen molar-refractivity contribution in [3.8, 4) is 50.2 Å². The lowest BCUT2D eigenvalue weighted by Crippen LogP contribution is -2.55. The highest BCUT2D eigenvalue weighted by atomic mass is 32.1. The number of benzene rings is 10. The molecule has 0 unspecified atom stereocenters. The van der Waals surface area contributed by atoms with Crippen molar-refractivity contribution in [1.82, 2.24) is 4.57 Å². The molecule has 2 aromatic heterocycles. The van der Waals surface area contributed by atoms with Crippen molar-refractivity contribution >= 4 is 74.9 Å². The van der Waals surface area contributed by atoms with Gasteiger partial charge in [-0.25, -0.2) is 0 Å². The zero-order valence-electron chi connectivity index (χ0n) is 37.8. The van der Waals surface area contributed by atoms with Crippen LogP contribution in [0.15, 0.2) is 200 Å². The SMILES string of the molecule is c1ccc(-n2c3cc(-c4ccc5c(c4)C4(c6ccccc6-5)C5CC6CC(C5)CC4C6)ccc3c3ccc(-c4c5ccccc5c(-c5ccc6sc7ccccc7c6c5)c5ccccc45)cc32)cc1. The van der Waals surface area contributed by atoms with E-state index < -0.39 is 0 Å². The fraction of sp³-hybridized carbons (Fsp3) is 0.152. The molecule has 12 aromatic rings. The summed E-state index contributed by atoms with van der Waals surface area (Å²) in [6.07, 6.45) is 7.06. The Balaban J connectivity index is 0.889. The molecule has 0 radical (unpaired) electrons. The van der Waals surface area contributed by atoms with E-state index in [0.29, 0.717) is 0 Å². The van der Waals surface area contributed by atoms with Gasteiger partial charge in [-0.05, 0) is 181 Å². The molecule has 1 nitrogen and oxygen atoms in total. The van der Waals surface area contributed by atoms with E-state index in [0.717, 1.165) is 23.7 Å². The van der Waals surface area contributed by atoms with Gasteiger partial charge in [-0.3, -0.25) is 0 Å². The zero-order valence-corrected chi connectivity index (χ0v) is 38.6. The van der Waals surface area contributed by atoms with Crippen LogP contribution in [0.3, 0.4) is 0 Å². The van der Waals surface area contributed by atoms with Crippen LogP contribution >= 0.6 is 11.3 Å². The summed E-state index contributed by atoms with van der Waals surface area (Å²) in [6, 6.07) is 76.7. The Bertz CT molecular complexity index is 4020. The fourth-order valence-corrected chi connectivity index (χ4v) is 16.3. The largest absolute Gasteiger partial charge is 0.309 e. The Kier molecular flexibility index (Phi) is 7.73. The van der Waals surface area contributed by atoms with Crippen LogP contribution in [-0.4, -0.2) is 4.57 Å². The van der Waals surface area contributed by atoms with Crippen molar-refractivity contribution in [3.05, 3.63) is 211 Å². The summed E-state index contributed by atoms with van der Waals surface area (Å²) < 4.78 is 5.20. The number of para-hydroxylation sites is 1. The summed E-state index contributed by atoms with van der Waals surface area (Å²) in [4.78, 5) is 0. The molecule has 10 aromatic carbocycles. The van der Waals surface area contributed by atoms with Gasteiger partial charge in [-0.1, -0.05) is 152 Å². The third kappa shape index (κ3) is 5.06. The van der Waals surface area contributed by atoms with Crippen LogP contribution in [0.2, 0.25) is 0 Å². The minimum Gasteiger partial charge on any atom is -0.309 e. The summed E-state index contributed by atoms with van der Waals surface area (Å²) >= 11 is 1.88. The minimum atomic E-state index is 0.147. The van der Waals surface area contributed by atoms with Gasteiger partial charge in [-0.15, -0.1) is 11.3 Å². The third-order valence-electron chi connectivity index (χ3n) is 17.6. The first-order valence-corrected chi connectivity index (χ1v) is 25.7. The molecule has 0 atom stereocenters. The third-order valence-corrected chi connectivity index (χ3v) is 18.7. The number of hydrogen-bond donors (Lipinski definition) is 0. The first-order valence-electron chi connectivity index (χ1n) is 24.9. The molecule has 4 bridgehead atoms. The van der Waals surface area contributed by atoms with Crippen molar-refractivity contribution in [2.24, 2.45) is 23.7 Å². The first kappa shape index (κ1) is 37.8. The lowest BCUT2D eigenvalue weighted by Gasteiger charge is -2.61. The molecule has 4 fully saturated rings. The van der Waals surface area contributed by atoms with Crippen LogP contribution in [0, 0.1) is 23.7 Å². The average Bonchev–Trinajstić information content (AvgIpc) is 4.02. The second-order valence-electron chi connectivity index (χ2n) is 20.8. The van der Waals surface area contributed by atoms with Crippen LogP contribution < -0.4 is 0 Å². The van der Waals surface area contributed by atoms with Gasteiger partial charge in [0.2, 0.25) is 0 Å². The van der Waals surface area contributed by atoms with E-state index >= 15 is 0 Å². The van der Waals surface area contributed by atoms with Crippen LogP contribution in [0.1, 0.15) is 43.2 Å². The van der Waals surface area contributed by atoms with Gasteiger partial charge in [0.05, 0.1) is 11.0 Å². The van der Waals surface area contributed by atoms with Crippen molar-refractivity contribution in [2.45, 2.75) is 37.5 Å². The van der Waals surface area contributed by atoms with Gasteiger partial charge >= 0.3 is 0 Å². The maximum Gasteiger partial charge on any atom is 0.0547 e. The molecule has 5 aliphatic rings. The number of rotatable bonds is 4. The van der Waals surface area contributed by atoms with E-state index in [1.165, 1.54) is 146 Å². The summed E-state index contributed by atoms with van der Waals surface area (Å²) in [5, 5.41) is 10.3. The molecule has 4 saturated carbocycles. The highest BCUT2D eigenvalue weighted by Crippen LogP contribution is 2.69. The number of nitrogens with zero attached hydrogens (tertiary/aromatic N) is 1. The molecule has 322 valence electrons. The molecule has 0 N–H and O–H groups in total. The molecule has 68 heavy (non-hydrogen) atoms. The first-order chi connectivity index (χ1) is 33.7. The molecule has 2 heterocycles. The maximum absolute atomic E-state index is 2.65. The van der Waals surface area contributed by atoms with Gasteiger partial charge in [0.15, 0.2) is 0 Å². The van der Waals surface area contributed by atoms with Gasteiger partial charge in [0.25, 0.3) is 0 Å². The van der Waals surface area contributed by atoms with E-state index in [2.05, 4.69) is 205 Å². The van der Waals surface area contributed by atoms with E-state index in [4.69, 9.17) is 0 Å². The van der Waals surface area contributed by atoms with Crippen molar-refractivity contribution in [1.29, 1.82) is 0 Å². The molecule has 0 amide bonds. The van der Waals surface area contributed by atoms with Gasteiger partial charge < -0.3 is 4.57 Å². The quantitative estimate of drug-likeness (QED) is 0.155. The smallest absolute Gasteiger partial charge is 0.0547 e. The Labute approximate surface area is 399 Å². The number of thiophene rings is 1. The summed E-state index contributed by atoms with van der Waals surface area (Å²) in [6.45, 7) is 0. The van der Waals surface area contributed by atoms with Crippen LogP contribution in [0.5, 0.6) is 0 Å². The molecular formula is C66H47NS. The Morgan fingerprint density at radius 2 is 0.853 bits per heavy atom. The highest BCUT2D eigenvalue weighted by molar-refractivity contribution is 7.25. The van der Waals surface area contributed by atoms with Gasteiger partial charge in [0.1, 0.15) is 0 Å². The lowest BCUT2D eigenvalue weighted by molar-refractivity contribution is -0.0399. The van der Waals surface area contributed by atoms with E-state index in [9.17, 15) is 0 Å². The molecule has 5 aliphatic carbocycles. The van der Waals surface area contributed by atoms with Gasteiger partial charge in [-0.2, -0.15) is 0 Å². The monoisotopic (exact) mass is 885 g/mol. The molecule has 17 rings (SSSR count). The number of aromatic nitrogens is 1. The topological polar surface area (TPSA) is 4.93 Å². The predicted octanol–water partition coefficient (Wildman–Crippen LogP) is 18.2. The average molecular weight is 886 g/mol. The Morgan fingerprint density at radius 1 is 0.353 bits per heavy atom. The Morgan fingerprint density at radius 3 is 1.54 bits per heavy atom. The summed E-state index contributed by atoms with van der Waals surface area (Å²) in [5.74, 6) is 3.34. The zero-order chi connectivity index (χ0) is 44.2. The number of fused-ring (bicyclic) bond motifs is 11. The highest BCUT2D eigenvalue weighted by Gasteiger charge is 2.61. The number of hydrogen-bond acceptors (Lipinski definition) is 1. The second kappa shape index (κ2) is 13.9. The van der Waals surface area contributed by atoms with E-state index in [1.54, 1.807) is 11.1 Å². The van der Waals surface area contributed by atoms with Crippen molar-refractivity contribution in [3.63, 3.8) is 0 Å².